The topological polar surface area (TPSA) is 36.9 Å². The molecule has 0 amide bonds. The van der Waals surface area contributed by atoms with E-state index in [0.717, 1.165) is 59.4 Å². The number of benzene rings is 8. The second kappa shape index (κ2) is 18.6. The van der Waals surface area contributed by atoms with Crippen LogP contribution >= 0.6 is 0 Å². The van der Waals surface area contributed by atoms with Crippen molar-refractivity contribution in [3.05, 3.63) is 226 Å². The average Bonchev–Trinajstić information content (AvgIpc) is 3.79. The number of hydrogen-bond donors (Lipinski definition) is 0. The molecule has 1 atom stereocenters. The molecule has 0 bridgehead atoms. The van der Waals surface area contributed by atoms with E-state index in [1.54, 1.807) is 0 Å². The molecule has 0 saturated carbocycles. The largest absolute Gasteiger partial charge is 0.0149 e. The Hall–Kier alpha value is -7.33. The van der Waals surface area contributed by atoms with E-state index in [1.807, 2.05) is 6.20 Å². The monoisotopic (exact) mass is 1130 g/mol. The second-order valence-electron chi connectivity index (χ2n) is 21.8. The van der Waals surface area contributed by atoms with Crippen molar-refractivity contribution in [3.63, 3.8) is 0 Å². The Morgan fingerprint density at radius 1 is 0.493 bits per heavy atom. The van der Waals surface area contributed by atoms with Crippen LogP contribution in [0.1, 0.15) is 89.1 Å². The van der Waals surface area contributed by atoms with Crippen molar-refractivity contribution in [2.45, 2.75) is 84.1 Å². The number of aryl methyl sites for hydroxylation is 1. The van der Waals surface area contributed by atoms with Crippen molar-refractivity contribution in [1.82, 2.24) is 18.7 Å². The number of fused-ring (bicyclic) bond motifs is 5. The van der Waals surface area contributed by atoms with Gasteiger partial charge in [-0.1, -0.05) is 57.2 Å². The number of imidazole rings is 1. The van der Waals surface area contributed by atoms with Crippen molar-refractivity contribution in [2.75, 3.05) is 0 Å². The number of nitrogens with zero attached hydrogens (tertiary/aromatic N) is 4. The van der Waals surface area contributed by atoms with E-state index in [-0.39, 0.29) is 16.9 Å². The van der Waals surface area contributed by atoms with E-state index < -0.39 is 0 Å². The summed E-state index contributed by atoms with van der Waals surface area (Å²) in [5, 5.41) is 2.34. The van der Waals surface area contributed by atoms with Gasteiger partial charge in [-0.2, -0.15) is 0 Å². The number of para-hydroxylation sites is 2. The van der Waals surface area contributed by atoms with Crippen LogP contribution in [-0.4, -0.2) is 18.7 Å². The molecule has 1 unspecified atom stereocenters. The summed E-state index contributed by atoms with van der Waals surface area (Å²) in [6, 6.07) is 71.1. The SMILES string of the molecule is CC(C)(C)c1ccnc(-n2c3ccc(-c4ccccc4)cc3c3ccc(Oc4ccc5c(c4)C(n4[c](=[Pt])n(-c6c(-c7ccccc7)cc(C(C)(C)C)cc6-c6ccccc6)c6ccccc64)CCCC5)cc32)c1. The number of pyridine rings is 1. The summed E-state index contributed by atoms with van der Waals surface area (Å²) in [6.45, 7) is 13.7. The van der Waals surface area contributed by atoms with Crippen LogP contribution in [0.3, 0.4) is 0 Å². The van der Waals surface area contributed by atoms with Gasteiger partial charge in [-0.15, -0.1) is 0 Å². The molecule has 364 valence electrons. The molecule has 3 aromatic heterocycles. The van der Waals surface area contributed by atoms with Crippen molar-refractivity contribution >= 4 is 32.8 Å². The van der Waals surface area contributed by atoms with Gasteiger partial charge in [0.05, 0.1) is 0 Å². The second-order valence-corrected chi connectivity index (χ2v) is 22.8. The summed E-state index contributed by atoms with van der Waals surface area (Å²) in [5.74, 6) is 2.52. The molecule has 73 heavy (non-hydrogen) atoms. The van der Waals surface area contributed by atoms with Crippen LogP contribution in [0.2, 0.25) is 0 Å². The van der Waals surface area contributed by atoms with Gasteiger partial charge in [0.2, 0.25) is 0 Å². The van der Waals surface area contributed by atoms with Gasteiger partial charge >= 0.3 is 328 Å². The van der Waals surface area contributed by atoms with E-state index in [4.69, 9.17) is 9.72 Å². The molecule has 0 radical (unpaired) electrons. The number of hydrogen-bond acceptors (Lipinski definition) is 2. The first-order valence-electron chi connectivity index (χ1n) is 25.8. The average molecular weight is 1130 g/mol. The standard InChI is InChI=1S/C67H60N4O.Pt/c1-66(2,3)50-36-37-68-64(41-50)71-60-35-31-49(45-20-10-7-11-21-45)38-58(60)54-34-33-53(43-63(54)71)72-52-32-30-48-26-16-17-27-59(55(48)42-52)69-44-70(62-29-19-18-28-61(62)69)65-56(46-22-12-8-13-23-46)39-51(67(4,5)6)40-57(65)47-24-14-9-15-25-47;/h7-15,18-25,28-43,59H,16-17,26-27H2,1-6H3;. The van der Waals surface area contributed by atoms with Gasteiger partial charge in [0.1, 0.15) is 0 Å². The number of ether oxygens (including phenoxy) is 1. The molecular weight excluding hydrogens is 1070 g/mol. The predicted molar refractivity (Wildman–Crippen MR) is 299 cm³/mol. The van der Waals surface area contributed by atoms with E-state index >= 15 is 0 Å². The van der Waals surface area contributed by atoms with E-state index in [9.17, 15) is 0 Å². The van der Waals surface area contributed by atoms with Gasteiger partial charge in [-0.05, 0) is 46.4 Å². The first-order valence-corrected chi connectivity index (χ1v) is 26.9. The summed E-state index contributed by atoms with van der Waals surface area (Å²) < 4.78 is 15.7. The Morgan fingerprint density at radius 2 is 1.11 bits per heavy atom. The Bertz CT molecular complexity index is 3860. The third-order valence-corrected chi connectivity index (χ3v) is 16.0. The van der Waals surface area contributed by atoms with Crippen LogP contribution in [0, 0.1) is 3.80 Å². The Morgan fingerprint density at radius 3 is 1.78 bits per heavy atom. The van der Waals surface area contributed by atoms with Crippen LogP contribution < -0.4 is 4.74 Å². The summed E-state index contributed by atoms with van der Waals surface area (Å²) in [6.07, 6.45) is 6.26. The molecule has 1 aliphatic carbocycles. The van der Waals surface area contributed by atoms with Gasteiger partial charge in [0.15, 0.2) is 0 Å². The van der Waals surface area contributed by atoms with Gasteiger partial charge < -0.3 is 0 Å². The molecule has 8 aromatic carbocycles. The molecule has 0 fully saturated rings. The van der Waals surface area contributed by atoms with Crippen LogP contribution in [0.5, 0.6) is 11.5 Å². The number of aromatic nitrogens is 4. The molecule has 1 aliphatic rings. The Balaban J connectivity index is 1.00. The maximum absolute atomic E-state index is 7.05. The third kappa shape index (κ3) is 8.62. The van der Waals surface area contributed by atoms with Crippen molar-refractivity contribution in [2.24, 2.45) is 0 Å². The molecule has 3 heterocycles. The van der Waals surface area contributed by atoms with Gasteiger partial charge in [0, 0.05) is 6.20 Å². The quantitative estimate of drug-likeness (QED) is 0.142. The zero-order valence-electron chi connectivity index (χ0n) is 42.5. The van der Waals surface area contributed by atoms with Crippen molar-refractivity contribution in [1.29, 1.82) is 0 Å². The predicted octanol–water partition coefficient (Wildman–Crippen LogP) is 17.7. The van der Waals surface area contributed by atoms with Gasteiger partial charge in [-0.25, -0.2) is 4.98 Å². The Labute approximate surface area is 439 Å². The van der Waals surface area contributed by atoms with Gasteiger partial charge in [0.25, 0.3) is 0 Å². The van der Waals surface area contributed by atoms with E-state index in [1.165, 1.54) is 81.5 Å². The Kier molecular flexibility index (Phi) is 11.9. The van der Waals surface area contributed by atoms with Crippen molar-refractivity contribution in [3.8, 4) is 56.4 Å². The minimum absolute atomic E-state index is 0.0341. The zero-order chi connectivity index (χ0) is 50.0. The molecule has 12 rings (SSSR count). The maximum atomic E-state index is 7.05. The summed E-state index contributed by atoms with van der Waals surface area (Å²) in [5.41, 5.74) is 18.2. The van der Waals surface area contributed by atoms with Crippen LogP contribution in [-0.2, 0) is 36.6 Å². The van der Waals surface area contributed by atoms with E-state index in [0.29, 0.717) is 0 Å². The molecular formula is C67H60N4OPt. The molecule has 11 aromatic rings. The van der Waals surface area contributed by atoms with Gasteiger partial charge in [-0.3, -0.25) is 0 Å². The van der Waals surface area contributed by atoms with Crippen LogP contribution in [0.4, 0.5) is 0 Å². The molecule has 6 heteroatoms. The fourth-order valence-electron chi connectivity index (χ4n) is 11.1. The maximum Gasteiger partial charge on any atom is -0.0149 e. The smallest absolute Gasteiger partial charge is 0.0149 e. The fraction of sp³-hybridized carbons (Fsp3) is 0.194. The fourth-order valence-corrected chi connectivity index (χ4v) is 12.3. The summed E-state index contributed by atoms with van der Waals surface area (Å²) in [4.78, 5) is 5.00. The first kappa shape index (κ1) is 46.7. The van der Waals surface area contributed by atoms with E-state index in [2.05, 4.69) is 269 Å². The molecule has 0 spiro atoms. The zero-order valence-corrected chi connectivity index (χ0v) is 44.7. The minimum Gasteiger partial charge on any atom is -0.0149 e. The first-order chi connectivity index (χ1) is 35.4. The minimum atomic E-state index is -0.0621. The van der Waals surface area contributed by atoms with Crippen LogP contribution in [0.15, 0.2) is 200 Å². The molecule has 0 saturated heterocycles. The summed E-state index contributed by atoms with van der Waals surface area (Å²) >= 11 is 2.63. The number of rotatable bonds is 8. The third-order valence-electron chi connectivity index (χ3n) is 15.0. The molecule has 0 aliphatic heterocycles. The molecule has 0 N–H and O–H groups in total. The normalized spacial score (nSPS) is 14.2. The molecule has 5 nitrogen and oxygen atoms in total. The van der Waals surface area contributed by atoms with Crippen molar-refractivity contribution < 1.29 is 24.1 Å². The summed E-state index contributed by atoms with van der Waals surface area (Å²) in [7, 11) is 0. The van der Waals surface area contributed by atoms with Crippen LogP contribution in [0.25, 0.3) is 77.7 Å².